The van der Waals surface area contributed by atoms with E-state index in [1.807, 2.05) is 0 Å². The van der Waals surface area contributed by atoms with Crippen LogP contribution in [0.3, 0.4) is 0 Å². The summed E-state index contributed by atoms with van der Waals surface area (Å²) in [7, 11) is 0. The van der Waals surface area contributed by atoms with Crippen LogP contribution in [0.2, 0.25) is 0 Å². The summed E-state index contributed by atoms with van der Waals surface area (Å²) in [6.45, 7) is 0. The van der Waals surface area contributed by atoms with E-state index in [0.717, 1.165) is 0 Å². The van der Waals surface area contributed by atoms with Crippen LogP contribution in [-0.2, 0) is 0 Å². The Morgan fingerprint density at radius 3 is 2.30 bits per heavy atom. The smallest absolute Gasteiger partial charge is 0.0171 e. The van der Waals surface area contributed by atoms with Crippen molar-refractivity contribution in [1.82, 2.24) is 0 Å². The highest BCUT2D eigenvalue weighted by molar-refractivity contribution is 4.94. The minimum atomic E-state index is 1.29. The van der Waals surface area contributed by atoms with Crippen molar-refractivity contribution in [3.8, 4) is 0 Å². The lowest BCUT2D eigenvalue weighted by atomic mass is 10.1. The van der Waals surface area contributed by atoms with Crippen molar-refractivity contribution in [2.24, 2.45) is 0 Å². The molecule has 0 spiro atoms. The lowest BCUT2D eigenvalue weighted by Gasteiger charge is -2.01. The molecule has 0 N–H and O–H groups in total. The monoisotopic (exact) mass is 137 g/mol. The van der Waals surface area contributed by atoms with Crippen LogP contribution in [0.5, 0.6) is 0 Å². The van der Waals surface area contributed by atoms with Crippen molar-refractivity contribution in [2.45, 2.75) is 44.9 Å². The van der Waals surface area contributed by atoms with Gasteiger partial charge in [0, 0.05) is 0 Å². The number of hydrogen-bond donors (Lipinski definition) is 0. The highest BCUT2D eigenvalue weighted by Gasteiger charge is 1.91. The second-order valence-corrected chi connectivity index (χ2v) is 3.01. The predicted molar refractivity (Wildman–Crippen MR) is 45.8 cm³/mol. The van der Waals surface area contributed by atoms with Gasteiger partial charge in [-0.25, -0.2) is 0 Å². The largest absolute Gasteiger partial charge is 0.0882 e. The molecule has 0 atom stereocenters. The zero-order valence-electron chi connectivity index (χ0n) is 6.68. The van der Waals surface area contributed by atoms with Gasteiger partial charge in [0.05, 0.1) is 0 Å². The van der Waals surface area contributed by atoms with Crippen molar-refractivity contribution >= 4 is 0 Å². The Morgan fingerprint density at radius 1 is 0.700 bits per heavy atom. The Bertz CT molecular complexity index is 80.2. The van der Waals surface area contributed by atoms with Gasteiger partial charge in [0.2, 0.25) is 0 Å². The molecule has 0 saturated heterocycles. The van der Waals surface area contributed by atoms with Crippen molar-refractivity contribution < 1.29 is 0 Å². The molecule has 0 aromatic heterocycles. The SMILES string of the molecule is [CH]1/C=C\CCCCCCC1. The molecule has 0 heterocycles. The van der Waals surface area contributed by atoms with Crippen LogP contribution < -0.4 is 0 Å². The summed E-state index contributed by atoms with van der Waals surface area (Å²) in [5.74, 6) is 0. The predicted octanol–water partition coefficient (Wildman–Crippen LogP) is 3.49. The Labute approximate surface area is 64.3 Å². The molecule has 0 aromatic rings. The Morgan fingerprint density at radius 2 is 1.40 bits per heavy atom. The molecule has 10 heavy (non-hydrogen) atoms. The number of allylic oxidation sites excluding steroid dienone is 2. The van der Waals surface area contributed by atoms with Crippen LogP contribution in [0.4, 0.5) is 0 Å². The van der Waals surface area contributed by atoms with Crippen LogP contribution in [0.15, 0.2) is 12.2 Å². The van der Waals surface area contributed by atoms with Crippen molar-refractivity contribution in [2.75, 3.05) is 0 Å². The lowest BCUT2D eigenvalue weighted by molar-refractivity contribution is 0.613. The van der Waals surface area contributed by atoms with Gasteiger partial charge in [0.1, 0.15) is 0 Å². The molecule has 0 bridgehead atoms. The molecule has 0 aliphatic heterocycles. The van der Waals surface area contributed by atoms with E-state index >= 15 is 0 Å². The van der Waals surface area contributed by atoms with Crippen molar-refractivity contribution in [3.63, 3.8) is 0 Å². The first-order valence-corrected chi connectivity index (χ1v) is 4.48. The third-order valence-corrected chi connectivity index (χ3v) is 2.01. The third kappa shape index (κ3) is 3.71. The Kier molecular flexibility index (Phi) is 4.33. The highest BCUT2D eigenvalue weighted by Crippen LogP contribution is 2.11. The van der Waals surface area contributed by atoms with Gasteiger partial charge in [0.25, 0.3) is 0 Å². The molecule has 1 aliphatic rings. The van der Waals surface area contributed by atoms with Gasteiger partial charge in [-0.1, -0.05) is 37.8 Å². The van der Waals surface area contributed by atoms with E-state index in [1.54, 1.807) is 0 Å². The quantitative estimate of drug-likeness (QED) is 0.479. The van der Waals surface area contributed by atoms with E-state index < -0.39 is 0 Å². The molecule has 0 aromatic carbocycles. The molecular weight excluding hydrogens is 120 g/mol. The summed E-state index contributed by atoms with van der Waals surface area (Å²) in [5, 5.41) is 0. The number of rotatable bonds is 0. The van der Waals surface area contributed by atoms with Crippen molar-refractivity contribution in [3.05, 3.63) is 18.6 Å². The summed E-state index contributed by atoms with van der Waals surface area (Å²) >= 11 is 0. The van der Waals surface area contributed by atoms with E-state index in [1.165, 1.54) is 44.9 Å². The van der Waals surface area contributed by atoms with E-state index in [4.69, 9.17) is 0 Å². The molecule has 57 valence electrons. The van der Waals surface area contributed by atoms with E-state index in [-0.39, 0.29) is 0 Å². The van der Waals surface area contributed by atoms with Gasteiger partial charge in [-0.15, -0.1) is 0 Å². The zero-order valence-corrected chi connectivity index (χ0v) is 6.68. The topological polar surface area (TPSA) is 0 Å². The van der Waals surface area contributed by atoms with Crippen molar-refractivity contribution in [1.29, 1.82) is 0 Å². The fourth-order valence-electron chi connectivity index (χ4n) is 1.34. The normalized spacial score (nSPS) is 25.6. The maximum atomic E-state index is 2.30. The molecule has 0 unspecified atom stereocenters. The fraction of sp³-hybridized carbons (Fsp3) is 0.700. The molecule has 0 heteroatoms. The van der Waals surface area contributed by atoms with Crippen LogP contribution in [0.25, 0.3) is 0 Å². The first-order valence-electron chi connectivity index (χ1n) is 4.48. The number of hydrogen-bond acceptors (Lipinski definition) is 0. The molecule has 0 saturated carbocycles. The van der Waals surface area contributed by atoms with Gasteiger partial charge in [-0.3, -0.25) is 0 Å². The molecule has 1 aliphatic carbocycles. The molecule has 0 fully saturated rings. The van der Waals surface area contributed by atoms with Crippen LogP contribution >= 0.6 is 0 Å². The average Bonchev–Trinajstić information content (AvgIpc) is 2.01. The summed E-state index contributed by atoms with van der Waals surface area (Å²) in [4.78, 5) is 0. The summed E-state index contributed by atoms with van der Waals surface area (Å²) in [6, 6.07) is 0. The molecule has 1 radical (unpaired) electrons. The van der Waals surface area contributed by atoms with E-state index in [9.17, 15) is 0 Å². The minimum Gasteiger partial charge on any atom is -0.0882 e. The van der Waals surface area contributed by atoms with Gasteiger partial charge >= 0.3 is 0 Å². The summed E-state index contributed by atoms with van der Waals surface area (Å²) in [6.07, 6.45) is 16.5. The van der Waals surface area contributed by atoms with Crippen LogP contribution in [0.1, 0.15) is 44.9 Å². The molecular formula is C10H17. The minimum absolute atomic E-state index is 1.29. The van der Waals surface area contributed by atoms with Crippen LogP contribution in [-0.4, -0.2) is 0 Å². The third-order valence-electron chi connectivity index (χ3n) is 2.01. The first-order chi connectivity index (χ1) is 5.00. The molecule has 0 nitrogen and oxygen atoms in total. The second kappa shape index (κ2) is 5.52. The fourth-order valence-corrected chi connectivity index (χ4v) is 1.34. The molecule has 1 rings (SSSR count). The standard InChI is InChI=1S/C10H17/c1-2-4-6-8-10-9-7-5-3-1/h1-3H,4-10H2/b2-1-. The maximum absolute atomic E-state index is 2.30. The van der Waals surface area contributed by atoms with Gasteiger partial charge in [-0.2, -0.15) is 0 Å². The van der Waals surface area contributed by atoms with Gasteiger partial charge in [0.15, 0.2) is 0 Å². The average molecular weight is 137 g/mol. The lowest BCUT2D eigenvalue weighted by Crippen LogP contribution is -1.82. The van der Waals surface area contributed by atoms with Gasteiger partial charge < -0.3 is 0 Å². The zero-order chi connectivity index (χ0) is 7.07. The molecule has 0 amide bonds. The van der Waals surface area contributed by atoms with E-state index in [0.29, 0.717) is 0 Å². The maximum Gasteiger partial charge on any atom is -0.0171 e. The van der Waals surface area contributed by atoms with E-state index in [2.05, 4.69) is 18.6 Å². The summed E-state index contributed by atoms with van der Waals surface area (Å²) in [5.41, 5.74) is 0. The highest BCUT2D eigenvalue weighted by atomic mass is 14.0. The Hall–Kier alpha value is -0.260. The second-order valence-electron chi connectivity index (χ2n) is 3.01. The summed E-state index contributed by atoms with van der Waals surface area (Å²) < 4.78 is 0. The van der Waals surface area contributed by atoms with Gasteiger partial charge in [-0.05, 0) is 25.7 Å². The first kappa shape index (κ1) is 7.84. The Balaban J connectivity index is 2.13. The van der Waals surface area contributed by atoms with Crippen LogP contribution in [0, 0.1) is 6.42 Å².